The molecule has 5 nitrogen and oxygen atoms in total. The third-order valence-corrected chi connectivity index (χ3v) is 2.71. The fourth-order valence-electron chi connectivity index (χ4n) is 1.58. The van der Waals surface area contributed by atoms with Gasteiger partial charge in [-0.2, -0.15) is 0 Å². The summed E-state index contributed by atoms with van der Waals surface area (Å²) in [5.74, 6) is -1.11. The predicted octanol–water partition coefficient (Wildman–Crippen LogP) is 3.68. The molecule has 0 saturated heterocycles. The molecule has 2 aromatic carbocycles. The molecule has 0 aliphatic carbocycles. The summed E-state index contributed by atoms with van der Waals surface area (Å²) in [5.41, 5.74) is 0.137. The first-order chi connectivity index (χ1) is 9.95. The Morgan fingerprint density at radius 3 is 2.29 bits per heavy atom. The average molecular weight is 309 g/mol. The van der Waals surface area contributed by atoms with Crippen molar-refractivity contribution in [3.63, 3.8) is 0 Å². The van der Waals surface area contributed by atoms with E-state index >= 15 is 0 Å². The van der Waals surface area contributed by atoms with Crippen molar-refractivity contribution in [2.24, 2.45) is 0 Å². The number of anilines is 2. The SMILES string of the molecule is O=[N+]([O-])c1cc(F)ccc1NC(=S)Nc1ccc(F)cc1. The maximum atomic E-state index is 13.0. The number of benzene rings is 2. The predicted molar refractivity (Wildman–Crippen MR) is 79.3 cm³/mol. The van der Waals surface area contributed by atoms with Gasteiger partial charge >= 0.3 is 0 Å². The van der Waals surface area contributed by atoms with E-state index in [0.29, 0.717) is 5.69 Å². The van der Waals surface area contributed by atoms with Gasteiger partial charge in [-0.3, -0.25) is 10.1 Å². The summed E-state index contributed by atoms with van der Waals surface area (Å²) in [6, 6.07) is 8.49. The van der Waals surface area contributed by atoms with Gasteiger partial charge < -0.3 is 10.6 Å². The van der Waals surface area contributed by atoms with E-state index in [1.165, 1.54) is 30.3 Å². The van der Waals surface area contributed by atoms with Gasteiger partial charge in [0.15, 0.2) is 5.11 Å². The highest BCUT2D eigenvalue weighted by molar-refractivity contribution is 7.80. The van der Waals surface area contributed by atoms with E-state index in [0.717, 1.165) is 12.1 Å². The molecule has 0 fully saturated rings. The molecule has 0 aromatic heterocycles. The van der Waals surface area contributed by atoms with Crippen LogP contribution in [0.5, 0.6) is 0 Å². The maximum absolute atomic E-state index is 13.0. The molecule has 0 bridgehead atoms. The van der Waals surface area contributed by atoms with Crippen molar-refractivity contribution in [2.45, 2.75) is 0 Å². The Morgan fingerprint density at radius 2 is 1.67 bits per heavy atom. The van der Waals surface area contributed by atoms with Gasteiger partial charge in [0.2, 0.25) is 0 Å². The zero-order valence-corrected chi connectivity index (χ0v) is 11.3. The van der Waals surface area contributed by atoms with Crippen molar-refractivity contribution < 1.29 is 13.7 Å². The van der Waals surface area contributed by atoms with Crippen LogP contribution in [0, 0.1) is 21.7 Å². The van der Waals surface area contributed by atoms with Crippen molar-refractivity contribution in [2.75, 3.05) is 10.6 Å². The number of halogens is 2. The van der Waals surface area contributed by atoms with Crippen molar-refractivity contribution in [1.29, 1.82) is 0 Å². The summed E-state index contributed by atoms with van der Waals surface area (Å²) in [6.45, 7) is 0. The quantitative estimate of drug-likeness (QED) is 0.514. The van der Waals surface area contributed by atoms with Gasteiger partial charge in [0.25, 0.3) is 5.69 Å². The largest absolute Gasteiger partial charge is 0.332 e. The molecular formula is C13H9F2N3O2S. The molecular weight excluding hydrogens is 300 g/mol. The van der Waals surface area contributed by atoms with E-state index in [1.807, 2.05) is 0 Å². The van der Waals surface area contributed by atoms with Crippen molar-refractivity contribution in [1.82, 2.24) is 0 Å². The number of hydrogen-bond donors (Lipinski definition) is 2. The number of nitrogens with zero attached hydrogens (tertiary/aromatic N) is 1. The highest BCUT2D eigenvalue weighted by Gasteiger charge is 2.15. The minimum Gasteiger partial charge on any atom is -0.332 e. The number of hydrogen-bond acceptors (Lipinski definition) is 3. The van der Waals surface area contributed by atoms with E-state index in [2.05, 4.69) is 10.6 Å². The molecule has 0 radical (unpaired) electrons. The fourth-order valence-corrected chi connectivity index (χ4v) is 1.81. The fraction of sp³-hybridized carbons (Fsp3) is 0. The Hall–Kier alpha value is -2.61. The molecule has 0 unspecified atom stereocenters. The van der Waals surface area contributed by atoms with Gasteiger partial charge in [-0.05, 0) is 48.6 Å². The Bertz CT molecular complexity index is 692. The second kappa shape index (κ2) is 6.23. The van der Waals surface area contributed by atoms with E-state index in [4.69, 9.17) is 12.2 Å². The van der Waals surface area contributed by atoms with Crippen LogP contribution in [0.3, 0.4) is 0 Å². The summed E-state index contributed by atoms with van der Waals surface area (Å²) in [5, 5.41) is 16.2. The molecule has 0 atom stereocenters. The average Bonchev–Trinajstić information content (AvgIpc) is 2.43. The third kappa shape index (κ3) is 3.93. The lowest BCUT2D eigenvalue weighted by Crippen LogP contribution is -2.19. The van der Waals surface area contributed by atoms with Gasteiger partial charge in [0.1, 0.15) is 17.3 Å². The Labute approximate surface area is 123 Å². The van der Waals surface area contributed by atoms with Gasteiger partial charge in [0, 0.05) is 5.69 Å². The van der Waals surface area contributed by atoms with E-state index in [9.17, 15) is 18.9 Å². The minimum absolute atomic E-state index is 0.0565. The number of nitro groups is 1. The maximum Gasteiger partial charge on any atom is 0.295 e. The molecule has 0 amide bonds. The molecule has 0 aliphatic rings. The Morgan fingerprint density at radius 1 is 1.05 bits per heavy atom. The summed E-state index contributed by atoms with van der Waals surface area (Å²) in [4.78, 5) is 10.1. The van der Waals surface area contributed by atoms with Crippen LogP contribution in [0.2, 0.25) is 0 Å². The molecule has 0 saturated carbocycles. The van der Waals surface area contributed by atoms with E-state index in [1.54, 1.807) is 0 Å². The topological polar surface area (TPSA) is 67.2 Å². The lowest BCUT2D eigenvalue weighted by atomic mass is 10.2. The molecule has 2 aromatic rings. The van der Waals surface area contributed by atoms with Crippen LogP contribution in [0.1, 0.15) is 0 Å². The van der Waals surface area contributed by atoms with Gasteiger partial charge in [-0.15, -0.1) is 0 Å². The smallest absolute Gasteiger partial charge is 0.295 e. The highest BCUT2D eigenvalue weighted by atomic mass is 32.1. The van der Waals surface area contributed by atoms with Gasteiger partial charge in [-0.1, -0.05) is 0 Å². The molecule has 0 aliphatic heterocycles. The summed E-state index contributed by atoms with van der Waals surface area (Å²) >= 11 is 5.00. The van der Waals surface area contributed by atoms with E-state index < -0.39 is 22.2 Å². The second-order valence-corrected chi connectivity index (χ2v) is 4.41. The van der Waals surface area contributed by atoms with Gasteiger partial charge in [0.05, 0.1) is 11.0 Å². The van der Waals surface area contributed by atoms with Crippen LogP contribution < -0.4 is 10.6 Å². The van der Waals surface area contributed by atoms with Crippen molar-refractivity contribution >= 4 is 34.4 Å². The van der Waals surface area contributed by atoms with Crippen LogP contribution >= 0.6 is 12.2 Å². The van der Waals surface area contributed by atoms with Crippen molar-refractivity contribution in [3.8, 4) is 0 Å². The monoisotopic (exact) mass is 309 g/mol. The Balaban J connectivity index is 2.12. The zero-order valence-electron chi connectivity index (χ0n) is 10.5. The minimum atomic E-state index is -0.718. The van der Waals surface area contributed by atoms with Crippen LogP contribution in [-0.2, 0) is 0 Å². The summed E-state index contributed by atoms with van der Waals surface area (Å²) in [6.07, 6.45) is 0. The summed E-state index contributed by atoms with van der Waals surface area (Å²) < 4.78 is 25.8. The standard InChI is InChI=1S/C13H9F2N3O2S/c14-8-1-4-10(5-2-8)16-13(21)17-11-6-3-9(15)7-12(11)18(19)20/h1-7H,(H2,16,17,21). The van der Waals surface area contributed by atoms with Crippen LogP contribution in [0.25, 0.3) is 0 Å². The third-order valence-electron chi connectivity index (χ3n) is 2.51. The molecule has 8 heteroatoms. The lowest BCUT2D eigenvalue weighted by molar-refractivity contribution is -0.384. The molecule has 2 N–H and O–H groups in total. The number of thiocarbonyl (C=S) groups is 1. The first-order valence-corrected chi connectivity index (χ1v) is 6.14. The van der Waals surface area contributed by atoms with Crippen molar-refractivity contribution in [3.05, 3.63) is 64.2 Å². The first-order valence-electron chi connectivity index (χ1n) is 5.73. The van der Waals surface area contributed by atoms with Crippen LogP contribution in [-0.4, -0.2) is 10.0 Å². The first kappa shape index (κ1) is 14.8. The zero-order chi connectivity index (χ0) is 15.4. The van der Waals surface area contributed by atoms with Crippen LogP contribution in [0.4, 0.5) is 25.8 Å². The normalized spacial score (nSPS) is 10.0. The summed E-state index contributed by atoms with van der Waals surface area (Å²) in [7, 11) is 0. The molecule has 0 heterocycles. The van der Waals surface area contributed by atoms with Gasteiger partial charge in [-0.25, -0.2) is 8.78 Å². The van der Waals surface area contributed by atoms with Crippen LogP contribution in [0.15, 0.2) is 42.5 Å². The molecule has 21 heavy (non-hydrogen) atoms. The van der Waals surface area contributed by atoms with E-state index in [-0.39, 0.29) is 10.8 Å². The highest BCUT2D eigenvalue weighted by Crippen LogP contribution is 2.25. The number of nitro benzene ring substituents is 1. The Kier molecular flexibility index (Phi) is 4.39. The number of nitrogens with one attached hydrogen (secondary N) is 2. The number of rotatable bonds is 3. The molecule has 2 rings (SSSR count). The molecule has 0 spiro atoms. The second-order valence-electron chi connectivity index (χ2n) is 4.00. The molecule has 108 valence electrons. The lowest BCUT2D eigenvalue weighted by Gasteiger charge is -2.10.